The van der Waals surface area contributed by atoms with E-state index in [2.05, 4.69) is 10.6 Å². The van der Waals surface area contributed by atoms with Crippen molar-refractivity contribution in [1.29, 1.82) is 0 Å². The van der Waals surface area contributed by atoms with E-state index in [-0.39, 0.29) is 12.4 Å². The smallest absolute Gasteiger partial charge is 0.313 e. The molecule has 6 nitrogen and oxygen atoms in total. The molecule has 0 atom stereocenters. The Bertz CT molecular complexity index is 743. The van der Waals surface area contributed by atoms with Gasteiger partial charge in [0.15, 0.2) is 0 Å². The van der Waals surface area contributed by atoms with Crippen molar-refractivity contribution in [3.8, 4) is 0 Å². The Morgan fingerprint density at radius 3 is 2.12 bits per heavy atom. The highest BCUT2D eigenvalue weighted by molar-refractivity contribution is 6.39. The number of carbonyl (C=O) groups is 3. The van der Waals surface area contributed by atoms with Crippen LogP contribution >= 0.6 is 0 Å². The van der Waals surface area contributed by atoms with Crippen LogP contribution in [-0.4, -0.2) is 24.3 Å². The predicted octanol–water partition coefficient (Wildman–Crippen LogP) is 1.22. The van der Waals surface area contributed by atoms with Gasteiger partial charge in [-0.2, -0.15) is 0 Å². The number of primary amides is 1. The van der Waals surface area contributed by atoms with Crippen LogP contribution < -0.4 is 16.4 Å². The Morgan fingerprint density at radius 2 is 1.54 bits per heavy atom. The van der Waals surface area contributed by atoms with Gasteiger partial charge in [-0.25, -0.2) is 4.39 Å². The molecule has 24 heavy (non-hydrogen) atoms. The highest BCUT2D eigenvalue weighted by Crippen LogP contribution is 2.09. The van der Waals surface area contributed by atoms with Crippen LogP contribution in [0.1, 0.15) is 15.9 Å². The molecule has 7 heteroatoms. The van der Waals surface area contributed by atoms with E-state index in [0.29, 0.717) is 17.7 Å². The summed E-state index contributed by atoms with van der Waals surface area (Å²) in [4.78, 5) is 34.4. The molecule has 3 amide bonds. The predicted molar refractivity (Wildman–Crippen MR) is 86.7 cm³/mol. The van der Waals surface area contributed by atoms with Gasteiger partial charge in [-0.05, 0) is 48.4 Å². The zero-order chi connectivity index (χ0) is 17.5. The number of hydrogen-bond donors (Lipinski definition) is 3. The lowest BCUT2D eigenvalue weighted by Crippen LogP contribution is -2.36. The maximum absolute atomic E-state index is 12.8. The molecule has 2 aromatic rings. The quantitative estimate of drug-likeness (QED) is 0.719. The first-order valence-electron chi connectivity index (χ1n) is 7.19. The Kier molecular flexibility index (Phi) is 5.62. The molecule has 0 aromatic heterocycles. The zero-order valence-corrected chi connectivity index (χ0v) is 12.7. The minimum absolute atomic E-state index is 0.249. The molecule has 0 unspecified atom stereocenters. The highest BCUT2D eigenvalue weighted by atomic mass is 19.1. The number of halogens is 1. The van der Waals surface area contributed by atoms with Crippen molar-refractivity contribution in [3.63, 3.8) is 0 Å². The fourth-order valence-corrected chi connectivity index (χ4v) is 1.96. The van der Waals surface area contributed by atoms with Crippen molar-refractivity contribution in [2.24, 2.45) is 5.73 Å². The van der Waals surface area contributed by atoms with E-state index in [1.54, 1.807) is 12.1 Å². The normalized spacial score (nSPS) is 10.0. The van der Waals surface area contributed by atoms with Crippen molar-refractivity contribution < 1.29 is 18.8 Å². The van der Waals surface area contributed by atoms with Crippen LogP contribution in [0, 0.1) is 5.82 Å². The molecular weight excluding hydrogens is 313 g/mol. The van der Waals surface area contributed by atoms with Crippen molar-refractivity contribution in [2.45, 2.75) is 6.42 Å². The number of nitrogens with one attached hydrogen (secondary N) is 2. The number of nitrogens with two attached hydrogens (primary N) is 1. The van der Waals surface area contributed by atoms with Crippen LogP contribution in [0.3, 0.4) is 0 Å². The average Bonchev–Trinajstić information content (AvgIpc) is 2.57. The monoisotopic (exact) mass is 329 g/mol. The van der Waals surface area contributed by atoms with E-state index >= 15 is 0 Å². The van der Waals surface area contributed by atoms with Crippen LogP contribution in [0.5, 0.6) is 0 Å². The molecular formula is C17H16FN3O3. The van der Waals surface area contributed by atoms with Crippen molar-refractivity contribution in [1.82, 2.24) is 5.32 Å². The fourth-order valence-electron chi connectivity index (χ4n) is 1.96. The third kappa shape index (κ3) is 4.91. The summed E-state index contributed by atoms with van der Waals surface area (Å²) in [5.74, 6) is -2.51. The Hall–Kier alpha value is -3.22. The summed E-state index contributed by atoms with van der Waals surface area (Å²) >= 11 is 0. The largest absolute Gasteiger partial charge is 0.366 e. The van der Waals surface area contributed by atoms with Gasteiger partial charge in [0, 0.05) is 17.8 Å². The topological polar surface area (TPSA) is 101 Å². The number of hydrogen-bond acceptors (Lipinski definition) is 3. The van der Waals surface area contributed by atoms with Crippen molar-refractivity contribution in [3.05, 3.63) is 65.5 Å². The zero-order valence-electron chi connectivity index (χ0n) is 12.7. The molecule has 0 aliphatic rings. The summed E-state index contributed by atoms with van der Waals surface area (Å²) in [6.07, 6.45) is 0.479. The van der Waals surface area contributed by atoms with Crippen LogP contribution in [0.2, 0.25) is 0 Å². The lowest BCUT2D eigenvalue weighted by molar-refractivity contribution is -0.136. The van der Waals surface area contributed by atoms with Gasteiger partial charge in [0.2, 0.25) is 5.91 Å². The van der Waals surface area contributed by atoms with Crippen LogP contribution in [-0.2, 0) is 16.0 Å². The molecule has 124 valence electrons. The summed E-state index contributed by atoms with van der Waals surface area (Å²) in [7, 11) is 0. The van der Waals surface area contributed by atoms with Gasteiger partial charge in [0.25, 0.3) is 0 Å². The van der Waals surface area contributed by atoms with Crippen LogP contribution in [0.15, 0.2) is 48.5 Å². The van der Waals surface area contributed by atoms with Gasteiger partial charge in [-0.3, -0.25) is 14.4 Å². The van der Waals surface area contributed by atoms with Gasteiger partial charge in [-0.15, -0.1) is 0 Å². The molecule has 2 rings (SSSR count). The first kappa shape index (κ1) is 17.1. The van der Waals surface area contributed by atoms with Gasteiger partial charge in [0.1, 0.15) is 5.82 Å². The van der Waals surface area contributed by atoms with Gasteiger partial charge in [0.05, 0.1) is 0 Å². The first-order chi connectivity index (χ1) is 11.5. The molecule has 0 heterocycles. The molecule has 0 aliphatic carbocycles. The van der Waals surface area contributed by atoms with E-state index < -0.39 is 17.7 Å². The van der Waals surface area contributed by atoms with E-state index in [4.69, 9.17) is 5.73 Å². The van der Waals surface area contributed by atoms with Gasteiger partial charge >= 0.3 is 11.8 Å². The second-order valence-electron chi connectivity index (χ2n) is 5.03. The summed E-state index contributed by atoms with van der Waals surface area (Å²) < 4.78 is 12.8. The van der Waals surface area contributed by atoms with Gasteiger partial charge < -0.3 is 16.4 Å². The lowest BCUT2D eigenvalue weighted by Gasteiger charge is -2.07. The maximum Gasteiger partial charge on any atom is 0.313 e. The molecule has 0 spiro atoms. The highest BCUT2D eigenvalue weighted by Gasteiger charge is 2.13. The van der Waals surface area contributed by atoms with E-state index in [1.807, 2.05) is 0 Å². The molecule has 0 saturated heterocycles. The van der Waals surface area contributed by atoms with Crippen molar-refractivity contribution >= 4 is 23.4 Å². The molecule has 0 fully saturated rings. The lowest BCUT2D eigenvalue weighted by atomic mass is 10.1. The minimum Gasteiger partial charge on any atom is -0.366 e. The number of benzene rings is 2. The number of amides is 3. The summed E-state index contributed by atoms with van der Waals surface area (Å²) in [5.41, 5.74) is 6.64. The van der Waals surface area contributed by atoms with Crippen LogP contribution in [0.4, 0.5) is 10.1 Å². The summed E-state index contributed by atoms with van der Waals surface area (Å²) in [6, 6.07) is 11.7. The molecule has 0 aliphatic heterocycles. The second-order valence-corrected chi connectivity index (χ2v) is 5.03. The SMILES string of the molecule is NC(=O)c1ccc(NC(=O)C(=O)NCCc2ccc(F)cc2)cc1. The summed E-state index contributed by atoms with van der Waals surface area (Å²) in [5, 5.41) is 4.89. The molecule has 0 saturated carbocycles. The van der Waals surface area contributed by atoms with Crippen LogP contribution in [0.25, 0.3) is 0 Å². The number of anilines is 1. The minimum atomic E-state index is -0.819. The number of rotatable bonds is 5. The fraction of sp³-hybridized carbons (Fsp3) is 0.118. The molecule has 0 bridgehead atoms. The summed E-state index contributed by atoms with van der Waals surface area (Å²) in [6.45, 7) is 0.249. The van der Waals surface area contributed by atoms with E-state index in [0.717, 1.165) is 5.56 Å². The third-order valence-electron chi connectivity index (χ3n) is 3.25. The second kappa shape index (κ2) is 7.87. The van der Waals surface area contributed by atoms with Gasteiger partial charge in [-0.1, -0.05) is 12.1 Å². The standard InChI is InChI=1S/C17H16FN3O3/c18-13-5-1-11(2-6-13)9-10-20-16(23)17(24)21-14-7-3-12(4-8-14)15(19)22/h1-8H,9-10H2,(H2,19,22)(H,20,23)(H,21,24). The molecule has 2 aromatic carbocycles. The maximum atomic E-state index is 12.8. The van der Waals surface area contributed by atoms with E-state index in [1.165, 1.54) is 36.4 Å². The number of carbonyl (C=O) groups excluding carboxylic acids is 3. The van der Waals surface area contributed by atoms with E-state index in [9.17, 15) is 18.8 Å². The average molecular weight is 329 g/mol. The first-order valence-corrected chi connectivity index (χ1v) is 7.19. The Morgan fingerprint density at radius 1 is 0.917 bits per heavy atom. The third-order valence-corrected chi connectivity index (χ3v) is 3.25. The van der Waals surface area contributed by atoms with Crippen molar-refractivity contribution in [2.75, 3.05) is 11.9 Å². The molecule has 4 N–H and O–H groups in total. The molecule has 0 radical (unpaired) electrons. The Labute approximate surface area is 137 Å². The Balaban J connectivity index is 1.80.